The Hall–Kier alpha value is -0.880. The molecule has 0 aromatic carbocycles. The van der Waals surface area contributed by atoms with Gasteiger partial charge in [0, 0.05) is 10.9 Å². The molecule has 1 heterocycles. The molecule has 0 spiro atoms. The predicted octanol–water partition coefficient (Wildman–Crippen LogP) is 2.84. The Morgan fingerprint density at radius 2 is 2.06 bits per heavy atom. The van der Waals surface area contributed by atoms with Crippen LogP contribution in [-0.4, -0.2) is 34.0 Å². The fourth-order valence-electron chi connectivity index (χ4n) is 1.33. The van der Waals surface area contributed by atoms with E-state index < -0.39 is 11.5 Å². The Morgan fingerprint density at radius 1 is 1.47 bits per heavy atom. The van der Waals surface area contributed by atoms with Crippen molar-refractivity contribution in [3.63, 3.8) is 0 Å². The molecule has 0 radical (unpaired) electrons. The van der Waals surface area contributed by atoms with Crippen LogP contribution in [0.5, 0.6) is 0 Å². The molecule has 1 aromatic rings. The molecule has 6 heteroatoms. The van der Waals surface area contributed by atoms with Gasteiger partial charge in [-0.15, -0.1) is 11.3 Å². The Bertz CT molecular complexity index is 436. The number of carbonyl (C=O) groups is 2. The lowest BCUT2D eigenvalue weighted by Gasteiger charge is -2.34. The molecule has 1 rings (SSSR count). The molecule has 94 valence electrons. The molecule has 0 atom stereocenters. The van der Waals surface area contributed by atoms with Crippen LogP contribution >= 0.6 is 27.3 Å². The smallest absolute Gasteiger partial charge is 0.323 e. The van der Waals surface area contributed by atoms with Gasteiger partial charge in [0.15, 0.2) is 0 Å². The summed E-state index contributed by atoms with van der Waals surface area (Å²) in [6, 6.07) is 1.70. The summed E-state index contributed by atoms with van der Waals surface area (Å²) in [6.45, 7) is 5.15. The molecule has 0 aliphatic rings. The molecule has 4 nitrogen and oxygen atoms in total. The summed E-state index contributed by atoms with van der Waals surface area (Å²) in [5.74, 6) is -1.27. The second-order valence-electron chi connectivity index (χ2n) is 4.60. The van der Waals surface area contributed by atoms with Crippen LogP contribution in [0, 0.1) is 0 Å². The first kappa shape index (κ1) is 14.2. The zero-order valence-electron chi connectivity index (χ0n) is 9.86. The van der Waals surface area contributed by atoms with E-state index in [1.807, 2.05) is 20.8 Å². The highest BCUT2D eigenvalue weighted by Gasteiger charge is 2.29. The van der Waals surface area contributed by atoms with Crippen molar-refractivity contribution in [3.05, 3.63) is 20.8 Å². The van der Waals surface area contributed by atoms with Crippen molar-refractivity contribution >= 4 is 39.1 Å². The highest BCUT2D eigenvalue weighted by Crippen LogP contribution is 2.24. The Morgan fingerprint density at radius 3 is 2.41 bits per heavy atom. The van der Waals surface area contributed by atoms with Crippen molar-refractivity contribution in [2.75, 3.05) is 6.54 Å². The van der Waals surface area contributed by atoms with Gasteiger partial charge in [0.1, 0.15) is 6.54 Å². The molecule has 0 aliphatic heterocycles. The van der Waals surface area contributed by atoms with Crippen molar-refractivity contribution in [1.82, 2.24) is 4.90 Å². The van der Waals surface area contributed by atoms with Crippen LogP contribution in [0.25, 0.3) is 0 Å². The maximum Gasteiger partial charge on any atom is 0.323 e. The second-order valence-corrected chi connectivity index (χ2v) is 6.89. The van der Waals surface area contributed by atoms with Crippen LogP contribution in [0.3, 0.4) is 0 Å². The third-order valence-electron chi connectivity index (χ3n) is 2.16. The van der Waals surface area contributed by atoms with Crippen LogP contribution < -0.4 is 0 Å². The molecule has 1 N–H and O–H groups in total. The van der Waals surface area contributed by atoms with Gasteiger partial charge in [-0.1, -0.05) is 0 Å². The summed E-state index contributed by atoms with van der Waals surface area (Å²) in [5.41, 5.74) is -0.0118. The monoisotopic (exact) mass is 319 g/mol. The summed E-state index contributed by atoms with van der Waals surface area (Å²) in [5, 5.41) is 10.6. The lowest BCUT2D eigenvalue weighted by molar-refractivity contribution is -0.138. The first-order valence-corrected chi connectivity index (χ1v) is 6.67. The highest BCUT2D eigenvalue weighted by molar-refractivity contribution is 9.11. The molecule has 0 bridgehead atoms. The third-order valence-corrected chi connectivity index (χ3v) is 3.67. The number of carboxylic acid groups (broad SMARTS) is 1. The number of amides is 1. The number of carboxylic acids is 1. The molecule has 0 fully saturated rings. The quantitative estimate of drug-likeness (QED) is 0.932. The normalized spacial score (nSPS) is 11.3. The number of hydrogen-bond acceptors (Lipinski definition) is 3. The summed E-state index contributed by atoms with van der Waals surface area (Å²) < 4.78 is 0.852. The van der Waals surface area contributed by atoms with Gasteiger partial charge >= 0.3 is 5.97 Å². The number of aliphatic carboxylic acids is 1. The average Bonchev–Trinajstić information content (AvgIpc) is 2.58. The van der Waals surface area contributed by atoms with Gasteiger partial charge in [-0.25, -0.2) is 0 Å². The lowest BCUT2D eigenvalue weighted by Crippen LogP contribution is -2.48. The van der Waals surface area contributed by atoms with Crippen LogP contribution in [0.2, 0.25) is 0 Å². The van der Waals surface area contributed by atoms with E-state index in [0.29, 0.717) is 5.56 Å². The summed E-state index contributed by atoms with van der Waals surface area (Å²) in [6.07, 6.45) is 0. The number of carbonyl (C=O) groups excluding carboxylic acids is 1. The fraction of sp³-hybridized carbons (Fsp3) is 0.455. The minimum atomic E-state index is -1.01. The highest BCUT2D eigenvalue weighted by atomic mass is 79.9. The number of rotatable bonds is 3. The fourth-order valence-corrected chi connectivity index (χ4v) is 2.46. The summed E-state index contributed by atoms with van der Waals surface area (Å²) in [7, 11) is 0. The molecule has 17 heavy (non-hydrogen) atoms. The minimum Gasteiger partial charge on any atom is -0.480 e. The average molecular weight is 320 g/mol. The SMILES string of the molecule is CC(C)(C)N(CC(=O)O)C(=O)c1csc(Br)c1. The lowest BCUT2D eigenvalue weighted by atomic mass is 10.0. The zero-order chi connectivity index (χ0) is 13.2. The molecule has 0 saturated heterocycles. The van der Waals surface area contributed by atoms with E-state index in [-0.39, 0.29) is 12.5 Å². The van der Waals surface area contributed by atoms with Crippen molar-refractivity contribution in [3.8, 4) is 0 Å². The number of halogens is 1. The van der Waals surface area contributed by atoms with Gasteiger partial charge in [-0.3, -0.25) is 9.59 Å². The van der Waals surface area contributed by atoms with Gasteiger partial charge in [-0.05, 0) is 42.8 Å². The number of nitrogens with zero attached hydrogens (tertiary/aromatic N) is 1. The molecule has 0 aliphatic carbocycles. The zero-order valence-corrected chi connectivity index (χ0v) is 12.3. The Balaban J connectivity index is 2.99. The molecule has 0 unspecified atom stereocenters. The minimum absolute atomic E-state index is 0.262. The van der Waals surface area contributed by atoms with E-state index in [1.165, 1.54) is 16.2 Å². The van der Waals surface area contributed by atoms with Gasteiger partial charge < -0.3 is 10.0 Å². The maximum absolute atomic E-state index is 12.2. The van der Waals surface area contributed by atoms with E-state index in [4.69, 9.17) is 5.11 Å². The van der Waals surface area contributed by atoms with Crippen LogP contribution in [0.4, 0.5) is 0 Å². The topological polar surface area (TPSA) is 57.6 Å². The maximum atomic E-state index is 12.2. The van der Waals surface area contributed by atoms with E-state index in [0.717, 1.165) is 3.79 Å². The Kier molecular flexibility index (Phi) is 4.32. The van der Waals surface area contributed by atoms with E-state index in [1.54, 1.807) is 11.4 Å². The van der Waals surface area contributed by atoms with Crippen molar-refractivity contribution in [1.29, 1.82) is 0 Å². The third kappa shape index (κ3) is 3.81. The van der Waals surface area contributed by atoms with Crippen molar-refractivity contribution in [2.45, 2.75) is 26.3 Å². The van der Waals surface area contributed by atoms with Gasteiger partial charge in [0.25, 0.3) is 5.91 Å². The number of thiophene rings is 1. The first-order valence-electron chi connectivity index (χ1n) is 4.99. The first-order chi connectivity index (χ1) is 7.71. The summed E-state index contributed by atoms with van der Waals surface area (Å²) in [4.78, 5) is 24.3. The largest absolute Gasteiger partial charge is 0.480 e. The summed E-state index contributed by atoms with van der Waals surface area (Å²) >= 11 is 4.68. The van der Waals surface area contributed by atoms with Crippen LogP contribution in [0.15, 0.2) is 15.2 Å². The second kappa shape index (κ2) is 5.18. The van der Waals surface area contributed by atoms with Crippen LogP contribution in [-0.2, 0) is 4.79 Å². The molecular weight excluding hydrogens is 306 g/mol. The van der Waals surface area contributed by atoms with E-state index in [2.05, 4.69) is 15.9 Å². The predicted molar refractivity (Wildman–Crippen MR) is 70.4 cm³/mol. The van der Waals surface area contributed by atoms with E-state index >= 15 is 0 Å². The standard InChI is InChI=1S/C11H14BrNO3S/c1-11(2,3)13(5-9(14)15)10(16)7-4-8(12)17-6-7/h4,6H,5H2,1-3H3,(H,14,15). The van der Waals surface area contributed by atoms with Crippen LogP contribution in [0.1, 0.15) is 31.1 Å². The number of hydrogen-bond donors (Lipinski definition) is 1. The molecule has 0 saturated carbocycles. The van der Waals surface area contributed by atoms with Crippen molar-refractivity contribution in [2.24, 2.45) is 0 Å². The van der Waals surface area contributed by atoms with Gasteiger partial charge in [0.05, 0.1) is 9.35 Å². The van der Waals surface area contributed by atoms with Crippen molar-refractivity contribution < 1.29 is 14.7 Å². The molecular formula is C11H14BrNO3S. The van der Waals surface area contributed by atoms with E-state index in [9.17, 15) is 9.59 Å². The van der Waals surface area contributed by atoms with Gasteiger partial charge in [-0.2, -0.15) is 0 Å². The molecule has 1 amide bonds. The molecule has 1 aromatic heterocycles. The van der Waals surface area contributed by atoms with Gasteiger partial charge in [0.2, 0.25) is 0 Å². The Labute approximate surface area is 112 Å².